The van der Waals surface area contributed by atoms with Gasteiger partial charge >= 0.3 is 0 Å². The van der Waals surface area contributed by atoms with E-state index in [1.54, 1.807) is 54.9 Å². The lowest BCUT2D eigenvalue weighted by atomic mass is 10.1. The Morgan fingerprint density at radius 3 is 2.48 bits per heavy atom. The van der Waals surface area contributed by atoms with Crippen LogP contribution >= 0.6 is 0 Å². The number of pyridine rings is 1. The van der Waals surface area contributed by atoms with Crippen LogP contribution in [0.1, 0.15) is 24.5 Å². The summed E-state index contributed by atoms with van der Waals surface area (Å²) in [4.78, 5) is 16.3. The van der Waals surface area contributed by atoms with E-state index < -0.39 is 16.1 Å². The third-order valence-corrected chi connectivity index (χ3v) is 5.76. The zero-order chi connectivity index (χ0) is 18.4. The van der Waals surface area contributed by atoms with Crippen LogP contribution in [-0.4, -0.2) is 29.5 Å². The molecule has 6 heteroatoms. The fourth-order valence-electron chi connectivity index (χ4n) is 2.52. The minimum atomic E-state index is -3.85. The van der Waals surface area contributed by atoms with Gasteiger partial charge in [-0.2, -0.15) is 4.31 Å². The lowest BCUT2D eigenvalue weighted by Gasteiger charge is -2.28. The number of carbonyl (C=O) groups is 1. The van der Waals surface area contributed by atoms with E-state index in [1.165, 1.54) is 11.2 Å². The maximum Gasteiger partial charge on any atom is 0.244 e. The molecule has 0 aliphatic carbocycles. The van der Waals surface area contributed by atoms with E-state index in [0.717, 1.165) is 5.56 Å². The van der Waals surface area contributed by atoms with Gasteiger partial charge in [-0.3, -0.25) is 9.78 Å². The van der Waals surface area contributed by atoms with Crippen molar-refractivity contribution in [3.63, 3.8) is 0 Å². The summed E-state index contributed by atoms with van der Waals surface area (Å²) in [7, 11) is -3.85. The van der Waals surface area contributed by atoms with Gasteiger partial charge < -0.3 is 0 Å². The van der Waals surface area contributed by atoms with Crippen LogP contribution in [0.25, 0.3) is 0 Å². The molecule has 25 heavy (non-hydrogen) atoms. The van der Waals surface area contributed by atoms with Crippen molar-refractivity contribution in [3.8, 4) is 0 Å². The number of aryl methyl sites for hydroxylation is 1. The molecule has 0 fully saturated rings. The van der Waals surface area contributed by atoms with Crippen LogP contribution in [0.4, 0.5) is 0 Å². The Bertz CT molecular complexity index is 831. The van der Waals surface area contributed by atoms with Gasteiger partial charge in [-0.05, 0) is 44.0 Å². The van der Waals surface area contributed by atoms with E-state index in [1.807, 2.05) is 6.92 Å². The summed E-state index contributed by atoms with van der Waals surface area (Å²) in [5.74, 6) is -0.223. The number of carbonyl (C=O) groups excluding carboxylic acids is 1. The van der Waals surface area contributed by atoms with Gasteiger partial charge in [-0.1, -0.05) is 29.8 Å². The molecule has 0 amide bonds. The Labute approximate surface area is 149 Å². The van der Waals surface area contributed by atoms with E-state index in [9.17, 15) is 13.2 Å². The zero-order valence-corrected chi connectivity index (χ0v) is 15.2. The summed E-state index contributed by atoms with van der Waals surface area (Å²) >= 11 is 0. The monoisotopic (exact) mass is 358 g/mol. The van der Waals surface area contributed by atoms with Crippen molar-refractivity contribution in [1.29, 1.82) is 0 Å². The molecule has 0 aliphatic rings. The highest BCUT2D eigenvalue weighted by Gasteiger charge is 2.33. The second kappa shape index (κ2) is 8.18. The fourth-order valence-corrected chi connectivity index (χ4v) is 4.16. The van der Waals surface area contributed by atoms with Gasteiger partial charge in [0.15, 0.2) is 0 Å². The van der Waals surface area contributed by atoms with Crippen LogP contribution in [0.2, 0.25) is 0 Å². The molecule has 1 aromatic carbocycles. The second-order valence-electron chi connectivity index (χ2n) is 5.88. The van der Waals surface area contributed by atoms with Crippen LogP contribution in [0, 0.1) is 6.92 Å². The number of rotatable bonds is 8. The average Bonchev–Trinajstić information content (AvgIpc) is 2.59. The molecular weight excluding hydrogens is 336 g/mol. The van der Waals surface area contributed by atoms with Crippen molar-refractivity contribution in [2.45, 2.75) is 37.8 Å². The van der Waals surface area contributed by atoms with E-state index >= 15 is 0 Å². The molecule has 0 radical (unpaired) electrons. The highest BCUT2D eigenvalue weighted by atomic mass is 32.2. The molecule has 0 saturated carbocycles. The van der Waals surface area contributed by atoms with Crippen LogP contribution in [0.5, 0.6) is 0 Å². The smallest absolute Gasteiger partial charge is 0.244 e. The molecule has 0 spiro atoms. The summed E-state index contributed by atoms with van der Waals surface area (Å²) < 4.78 is 27.6. The average molecular weight is 358 g/mol. The van der Waals surface area contributed by atoms with E-state index in [2.05, 4.69) is 11.6 Å². The summed E-state index contributed by atoms with van der Waals surface area (Å²) in [6.45, 7) is 7.01. The third kappa shape index (κ3) is 4.61. The molecule has 0 aliphatic heterocycles. The quantitative estimate of drug-likeness (QED) is 0.680. The van der Waals surface area contributed by atoms with Gasteiger partial charge in [0.25, 0.3) is 0 Å². The Kier molecular flexibility index (Phi) is 6.22. The lowest BCUT2D eigenvalue weighted by Crippen LogP contribution is -2.43. The van der Waals surface area contributed by atoms with Crippen LogP contribution in [-0.2, 0) is 21.4 Å². The number of ketones is 1. The number of nitrogens with zero attached hydrogens (tertiary/aromatic N) is 2. The highest BCUT2D eigenvalue weighted by molar-refractivity contribution is 7.89. The summed E-state index contributed by atoms with van der Waals surface area (Å²) in [5.41, 5.74) is 1.68. The Balaban J connectivity index is 2.50. The minimum Gasteiger partial charge on any atom is -0.298 e. The number of aromatic nitrogens is 1. The normalized spacial score (nSPS) is 12.8. The first kappa shape index (κ1) is 19.0. The van der Waals surface area contributed by atoms with Crippen LogP contribution in [0.3, 0.4) is 0 Å². The Morgan fingerprint density at radius 1 is 1.28 bits per heavy atom. The number of hydrogen-bond acceptors (Lipinski definition) is 4. The molecule has 1 atom stereocenters. The Morgan fingerprint density at radius 2 is 1.96 bits per heavy atom. The van der Waals surface area contributed by atoms with Crippen molar-refractivity contribution in [3.05, 3.63) is 72.6 Å². The zero-order valence-electron chi connectivity index (χ0n) is 14.4. The molecule has 2 rings (SSSR count). The maximum absolute atomic E-state index is 13.2. The fraction of sp³-hybridized carbons (Fsp3) is 0.263. The summed E-state index contributed by atoms with van der Waals surface area (Å²) in [6, 6.07) is 9.33. The maximum atomic E-state index is 13.2. The van der Waals surface area contributed by atoms with E-state index in [0.29, 0.717) is 5.56 Å². The van der Waals surface area contributed by atoms with Crippen molar-refractivity contribution in [2.75, 3.05) is 0 Å². The molecule has 132 valence electrons. The molecular formula is C19H22N2O3S. The number of Topliss-reactive ketones (excluding diaryl/α,β-unsaturated/α-hetero) is 1. The molecule has 5 nitrogen and oxygen atoms in total. The largest absolute Gasteiger partial charge is 0.298 e. The van der Waals surface area contributed by atoms with Gasteiger partial charge in [0.05, 0.1) is 10.9 Å². The van der Waals surface area contributed by atoms with Crippen LogP contribution in [0.15, 0.2) is 66.3 Å². The first-order chi connectivity index (χ1) is 11.9. The molecule has 1 aromatic heterocycles. The van der Waals surface area contributed by atoms with Crippen molar-refractivity contribution in [2.24, 2.45) is 0 Å². The lowest BCUT2D eigenvalue weighted by molar-refractivity contribution is -0.120. The Hall–Kier alpha value is -2.31. The van der Waals surface area contributed by atoms with E-state index in [-0.39, 0.29) is 23.6 Å². The number of benzene rings is 1. The highest BCUT2D eigenvalue weighted by Crippen LogP contribution is 2.23. The molecule has 0 bridgehead atoms. The van der Waals surface area contributed by atoms with Gasteiger partial charge in [-0.15, -0.1) is 6.58 Å². The molecule has 0 saturated heterocycles. The predicted molar refractivity (Wildman–Crippen MR) is 97.4 cm³/mol. The summed E-state index contributed by atoms with van der Waals surface area (Å²) in [6.07, 6.45) is 5.03. The predicted octanol–water partition coefficient (Wildman–Crippen LogP) is 3.11. The molecule has 1 heterocycles. The molecule has 0 N–H and O–H groups in total. The van der Waals surface area contributed by atoms with Gasteiger partial charge in [0, 0.05) is 18.9 Å². The molecule has 2 aromatic rings. The second-order valence-corrected chi connectivity index (χ2v) is 7.77. The summed E-state index contributed by atoms with van der Waals surface area (Å²) in [5, 5.41) is 0. The molecule has 0 unspecified atom stereocenters. The van der Waals surface area contributed by atoms with Crippen molar-refractivity contribution >= 4 is 15.8 Å². The first-order valence-corrected chi connectivity index (χ1v) is 9.39. The van der Waals surface area contributed by atoms with Crippen molar-refractivity contribution in [1.82, 2.24) is 9.29 Å². The topological polar surface area (TPSA) is 67.3 Å². The van der Waals surface area contributed by atoms with Crippen LogP contribution < -0.4 is 0 Å². The minimum absolute atomic E-state index is 0.0716. The number of sulfonamides is 1. The SMILES string of the molecule is C=CC[C@@H](C(C)=O)N(Cc1cccnc1)S(=O)(=O)c1ccc(C)cc1. The van der Waals surface area contributed by atoms with E-state index in [4.69, 9.17) is 0 Å². The van der Waals surface area contributed by atoms with Gasteiger partial charge in [0.1, 0.15) is 5.78 Å². The first-order valence-electron chi connectivity index (χ1n) is 7.95. The standard InChI is InChI=1S/C19H22N2O3S/c1-4-6-19(16(3)22)21(14-17-7-5-12-20-13-17)25(23,24)18-10-8-15(2)9-11-18/h4-5,7-13,19H,1,6,14H2,2-3H3/t19-/m0/s1. The van der Waals surface area contributed by atoms with Gasteiger partial charge in [-0.25, -0.2) is 8.42 Å². The van der Waals surface area contributed by atoms with Crippen molar-refractivity contribution < 1.29 is 13.2 Å². The van der Waals surface area contributed by atoms with Gasteiger partial charge in [0.2, 0.25) is 10.0 Å². The number of hydrogen-bond donors (Lipinski definition) is 0. The third-order valence-electron chi connectivity index (χ3n) is 3.90.